The summed E-state index contributed by atoms with van der Waals surface area (Å²) in [4.78, 5) is 0.276. The van der Waals surface area contributed by atoms with Crippen molar-refractivity contribution in [2.24, 2.45) is 5.11 Å². The van der Waals surface area contributed by atoms with Gasteiger partial charge in [-0.3, -0.25) is 0 Å². The minimum Gasteiger partial charge on any atom is -0.594 e. The average molecular weight is 380 g/mol. The number of hydrogen-bond donors (Lipinski definition) is 0. The summed E-state index contributed by atoms with van der Waals surface area (Å²) < 4.78 is 2.75. The van der Waals surface area contributed by atoms with Gasteiger partial charge in [0, 0.05) is 5.11 Å². The van der Waals surface area contributed by atoms with Gasteiger partial charge in [-0.15, -0.1) is 0 Å². The Labute approximate surface area is 165 Å². The number of nitrogens with zero attached hydrogens (tertiary/aromatic N) is 8. The third-order valence-electron chi connectivity index (χ3n) is 4.12. The Morgan fingerprint density at radius 3 is 1.86 bits per heavy atom. The first-order valence-electron chi connectivity index (χ1n) is 8.49. The fourth-order valence-corrected chi connectivity index (χ4v) is 2.78. The molecule has 0 bridgehead atoms. The highest BCUT2D eigenvalue weighted by Gasteiger charge is 2.22. The lowest BCUT2D eigenvalue weighted by Crippen LogP contribution is -2.01. The number of nitriles is 2. The van der Waals surface area contributed by atoms with Crippen LogP contribution in [0.2, 0.25) is 0 Å². The summed E-state index contributed by atoms with van der Waals surface area (Å²) in [6.45, 7) is 0. The van der Waals surface area contributed by atoms with Gasteiger partial charge in [0.15, 0.2) is 11.4 Å². The van der Waals surface area contributed by atoms with Crippen LogP contribution in [0.1, 0.15) is 11.4 Å². The molecule has 0 saturated carbocycles. The van der Waals surface area contributed by atoms with Crippen LogP contribution in [0.15, 0.2) is 78.2 Å². The molecule has 4 aromatic rings. The van der Waals surface area contributed by atoms with Crippen LogP contribution in [0.5, 0.6) is 0 Å². The molecule has 138 valence electrons. The Kier molecular flexibility index (Phi) is 4.54. The molecule has 0 saturated heterocycles. The van der Waals surface area contributed by atoms with Crippen molar-refractivity contribution < 1.29 is 4.86 Å². The molecule has 0 aliphatic heterocycles. The van der Waals surface area contributed by atoms with Crippen LogP contribution < -0.4 is 0 Å². The van der Waals surface area contributed by atoms with Gasteiger partial charge in [-0.05, 0) is 29.1 Å². The molecule has 0 atom stereocenters. The molecule has 0 unspecified atom stereocenters. The van der Waals surface area contributed by atoms with Crippen LogP contribution >= 0.6 is 0 Å². The van der Waals surface area contributed by atoms with E-state index in [0.29, 0.717) is 11.4 Å². The zero-order valence-electron chi connectivity index (χ0n) is 14.9. The molecule has 0 aliphatic carbocycles. The van der Waals surface area contributed by atoms with Crippen LogP contribution in [0.3, 0.4) is 0 Å². The van der Waals surface area contributed by atoms with Gasteiger partial charge < -0.3 is 5.21 Å². The van der Waals surface area contributed by atoms with Crippen LogP contribution in [0.4, 0.5) is 11.4 Å². The van der Waals surface area contributed by atoms with Gasteiger partial charge >= 0.3 is 5.69 Å². The van der Waals surface area contributed by atoms with Crippen LogP contribution in [0.25, 0.3) is 11.4 Å². The number of aromatic nitrogens is 4. The van der Waals surface area contributed by atoms with Crippen molar-refractivity contribution in [2.45, 2.75) is 0 Å². The van der Waals surface area contributed by atoms with Gasteiger partial charge in [0.2, 0.25) is 5.69 Å². The van der Waals surface area contributed by atoms with E-state index in [2.05, 4.69) is 15.3 Å². The van der Waals surface area contributed by atoms with Crippen molar-refractivity contribution in [3.05, 3.63) is 89.7 Å². The van der Waals surface area contributed by atoms with Crippen molar-refractivity contribution in [1.82, 2.24) is 19.6 Å². The maximum atomic E-state index is 12.7. The molecule has 2 aromatic heterocycles. The molecule has 4 rings (SSSR count). The smallest absolute Gasteiger partial charge is 0.301 e. The van der Waals surface area contributed by atoms with Crippen LogP contribution in [-0.4, -0.2) is 24.4 Å². The third kappa shape index (κ3) is 3.20. The highest BCUT2D eigenvalue weighted by molar-refractivity contribution is 5.52. The predicted molar refractivity (Wildman–Crippen MR) is 102 cm³/mol. The lowest BCUT2D eigenvalue weighted by atomic mass is 10.3. The van der Waals surface area contributed by atoms with Crippen LogP contribution in [-0.2, 0) is 0 Å². The summed E-state index contributed by atoms with van der Waals surface area (Å²) in [5.41, 5.74) is 1.49. The van der Waals surface area contributed by atoms with Gasteiger partial charge in [-0.1, -0.05) is 36.4 Å². The van der Waals surface area contributed by atoms with E-state index in [0.717, 1.165) is 0 Å². The summed E-state index contributed by atoms with van der Waals surface area (Å²) in [5.74, 6) is 0. The SMILES string of the molecule is N#Cc1c(N=[N+]([O-])c2cnn(-c3ccccc3)c2C#N)cnn1-c1ccccc1. The average Bonchev–Trinajstić information content (AvgIpc) is 3.38. The van der Waals surface area contributed by atoms with E-state index < -0.39 is 0 Å². The quantitative estimate of drug-likeness (QED) is 0.303. The standard InChI is InChI=1S/C20H12N8O/c21-11-18-17(13-23-26(18)15-7-3-1-4-8-15)25-28(29)20-14-24-27(19(20)12-22)16-9-5-2-6-10-16/h1-10,13-14H. The largest absolute Gasteiger partial charge is 0.594 e. The number of hydrogen-bond acceptors (Lipinski definition) is 6. The molecular formula is C20H12N8O. The Hall–Kier alpha value is -4.76. The summed E-state index contributed by atoms with van der Waals surface area (Å²) in [6, 6.07) is 22.0. The number of rotatable bonds is 4. The zero-order chi connectivity index (χ0) is 20.2. The molecule has 9 heteroatoms. The van der Waals surface area contributed by atoms with Gasteiger partial charge in [0.1, 0.15) is 18.3 Å². The normalized spacial score (nSPS) is 11.0. The van der Waals surface area contributed by atoms with Crippen molar-refractivity contribution in [3.8, 4) is 23.5 Å². The van der Waals surface area contributed by atoms with Crippen LogP contribution in [0, 0.1) is 27.9 Å². The highest BCUT2D eigenvalue weighted by Crippen LogP contribution is 2.26. The first-order chi connectivity index (χ1) is 14.2. The van der Waals surface area contributed by atoms with E-state index >= 15 is 0 Å². The van der Waals surface area contributed by atoms with Crippen molar-refractivity contribution in [1.29, 1.82) is 10.5 Å². The first kappa shape index (κ1) is 17.6. The molecule has 0 fully saturated rings. The van der Waals surface area contributed by atoms with Gasteiger partial charge in [0.05, 0.1) is 17.6 Å². The lowest BCUT2D eigenvalue weighted by Gasteiger charge is -2.02. The summed E-state index contributed by atoms with van der Waals surface area (Å²) in [7, 11) is 0. The molecule has 0 spiro atoms. The van der Waals surface area contributed by atoms with E-state index in [1.54, 1.807) is 36.4 Å². The molecule has 29 heavy (non-hydrogen) atoms. The minimum absolute atomic E-state index is 0.0314. The Bertz CT molecular complexity index is 1270. The fourth-order valence-electron chi connectivity index (χ4n) is 2.78. The second-order valence-electron chi connectivity index (χ2n) is 5.85. The lowest BCUT2D eigenvalue weighted by molar-refractivity contribution is -0.435. The molecule has 0 aliphatic rings. The Morgan fingerprint density at radius 1 is 0.793 bits per heavy atom. The van der Waals surface area contributed by atoms with E-state index in [9.17, 15) is 15.7 Å². The van der Waals surface area contributed by atoms with Gasteiger partial charge in [-0.25, -0.2) is 9.36 Å². The minimum atomic E-state index is -0.0345. The topological polar surface area (TPSA) is 122 Å². The molecule has 9 nitrogen and oxygen atoms in total. The number of para-hydroxylation sites is 2. The molecule has 2 heterocycles. The van der Waals surface area contributed by atoms with Crippen molar-refractivity contribution >= 4 is 11.4 Å². The number of azo groups is 1. The maximum absolute atomic E-state index is 12.7. The van der Waals surface area contributed by atoms with E-state index in [1.165, 1.54) is 21.8 Å². The monoisotopic (exact) mass is 380 g/mol. The highest BCUT2D eigenvalue weighted by atomic mass is 16.5. The van der Waals surface area contributed by atoms with Gasteiger partial charge in [-0.2, -0.15) is 20.7 Å². The van der Waals surface area contributed by atoms with Crippen molar-refractivity contribution in [2.75, 3.05) is 0 Å². The molecular weight excluding hydrogens is 368 g/mol. The summed E-state index contributed by atoms with van der Waals surface area (Å²) >= 11 is 0. The second-order valence-corrected chi connectivity index (χ2v) is 5.85. The summed E-state index contributed by atoms with van der Waals surface area (Å²) in [6.07, 6.45) is 2.58. The van der Waals surface area contributed by atoms with E-state index in [-0.39, 0.29) is 27.6 Å². The van der Waals surface area contributed by atoms with E-state index in [4.69, 9.17) is 0 Å². The maximum Gasteiger partial charge on any atom is 0.301 e. The first-order valence-corrected chi connectivity index (χ1v) is 8.49. The molecule has 2 aromatic carbocycles. The molecule has 0 amide bonds. The second kappa shape index (κ2) is 7.47. The summed E-state index contributed by atoms with van der Waals surface area (Å²) in [5, 5.41) is 43.9. The Morgan fingerprint density at radius 2 is 1.31 bits per heavy atom. The third-order valence-corrected chi connectivity index (χ3v) is 4.12. The van der Waals surface area contributed by atoms with E-state index in [1.807, 2.05) is 36.4 Å². The molecule has 0 N–H and O–H groups in total. The zero-order valence-corrected chi connectivity index (χ0v) is 14.9. The number of benzene rings is 2. The molecule has 0 radical (unpaired) electrons. The van der Waals surface area contributed by atoms with Crippen molar-refractivity contribution in [3.63, 3.8) is 0 Å². The van der Waals surface area contributed by atoms with Gasteiger partial charge in [0.25, 0.3) is 0 Å². The predicted octanol–water partition coefficient (Wildman–Crippen LogP) is 3.73. The fraction of sp³-hybridized carbons (Fsp3) is 0. The Balaban J connectivity index is 1.76.